The van der Waals surface area contributed by atoms with Gasteiger partial charge >= 0.3 is 11.9 Å². The number of aryl methyl sites for hydroxylation is 2. The Bertz CT molecular complexity index is 1410. The maximum absolute atomic E-state index is 12.2. The summed E-state index contributed by atoms with van der Waals surface area (Å²) in [7, 11) is 2.88. The monoisotopic (exact) mass is 639 g/mol. The molecule has 2 aliphatic carbocycles. The second-order valence-electron chi connectivity index (χ2n) is 13.5. The van der Waals surface area contributed by atoms with Gasteiger partial charge in [-0.15, -0.1) is 0 Å². The standard InChI is InChI=1S/C41H53NO5/c1-45-40(43)17-8-9-27-42(38-15-10-14-35-29-36(41(44)46-2)24-25-37(35)38)28-26-34-13-6-7-16-39(34)47-30-33-22-20-32(21-23-33)19-18-31-11-4-3-5-12-31/h3-7,11-13,16,24-25,29,32-33,38H,8-10,14-15,17-23,26-28,30H2,1-2H3/t32-,33+,38?. The summed E-state index contributed by atoms with van der Waals surface area (Å²) in [5, 5.41) is 0. The summed E-state index contributed by atoms with van der Waals surface area (Å²) in [4.78, 5) is 26.6. The molecule has 0 amide bonds. The van der Waals surface area contributed by atoms with E-state index in [9.17, 15) is 9.59 Å². The van der Waals surface area contributed by atoms with Crippen LogP contribution in [0.25, 0.3) is 0 Å². The number of methoxy groups -OCH3 is 2. The zero-order valence-corrected chi connectivity index (χ0v) is 28.5. The molecule has 0 N–H and O–H groups in total. The van der Waals surface area contributed by atoms with Crippen LogP contribution in [0.4, 0.5) is 0 Å². The van der Waals surface area contributed by atoms with Crippen molar-refractivity contribution in [1.29, 1.82) is 0 Å². The van der Waals surface area contributed by atoms with Crippen LogP contribution in [0.5, 0.6) is 5.75 Å². The van der Waals surface area contributed by atoms with Crippen molar-refractivity contribution in [3.05, 3.63) is 101 Å². The SMILES string of the molecule is COC(=O)CCCCN(CCc1ccccc1OC[C@H]1CC[C@@H](CCc2ccccc2)CC1)C1CCCc2cc(C(=O)OC)ccc21. The van der Waals surface area contributed by atoms with Gasteiger partial charge in [-0.1, -0.05) is 67.4 Å². The number of benzene rings is 3. The molecular weight excluding hydrogens is 586 g/mol. The van der Waals surface area contributed by atoms with E-state index in [0.29, 0.717) is 17.9 Å². The third-order valence-corrected chi connectivity index (χ3v) is 10.4. The Morgan fingerprint density at radius 1 is 0.787 bits per heavy atom. The molecule has 0 saturated heterocycles. The Hall–Kier alpha value is -3.64. The normalized spacial score (nSPS) is 19.2. The summed E-state index contributed by atoms with van der Waals surface area (Å²) in [6.07, 6.45) is 13.8. The van der Waals surface area contributed by atoms with Gasteiger partial charge in [0.15, 0.2) is 0 Å². The van der Waals surface area contributed by atoms with E-state index in [1.165, 1.54) is 75.0 Å². The molecule has 1 saturated carbocycles. The molecule has 6 nitrogen and oxygen atoms in total. The lowest BCUT2D eigenvalue weighted by Crippen LogP contribution is -2.34. The fraction of sp³-hybridized carbons (Fsp3) is 0.512. The first-order chi connectivity index (χ1) is 23.0. The molecule has 3 aromatic carbocycles. The maximum Gasteiger partial charge on any atom is 0.337 e. The summed E-state index contributed by atoms with van der Waals surface area (Å²) in [5.41, 5.74) is 5.86. The van der Waals surface area contributed by atoms with Gasteiger partial charge < -0.3 is 14.2 Å². The molecule has 0 aliphatic heterocycles. The van der Waals surface area contributed by atoms with Crippen molar-refractivity contribution in [2.45, 2.75) is 89.5 Å². The van der Waals surface area contributed by atoms with Gasteiger partial charge in [0, 0.05) is 19.0 Å². The van der Waals surface area contributed by atoms with E-state index < -0.39 is 0 Å². The van der Waals surface area contributed by atoms with Crippen LogP contribution in [0.2, 0.25) is 0 Å². The van der Waals surface area contributed by atoms with E-state index in [1.807, 2.05) is 12.1 Å². The van der Waals surface area contributed by atoms with Crippen molar-refractivity contribution in [3.63, 3.8) is 0 Å². The zero-order valence-electron chi connectivity index (χ0n) is 28.5. The number of fused-ring (bicyclic) bond motifs is 1. The molecule has 0 heterocycles. The first-order valence-electron chi connectivity index (χ1n) is 17.8. The Labute approximate surface area is 281 Å². The molecular formula is C41H53NO5. The van der Waals surface area contributed by atoms with Gasteiger partial charge in [0.1, 0.15) is 5.75 Å². The molecule has 1 fully saturated rings. The summed E-state index contributed by atoms with van der Waals surface area (Å²) < 4.78 is 16.4. The lowest BCUT2D eigenvalue weighted by Gasteiger charge is -2.36. The van der Waals surface area contributed by atoms with Crippen molar-refractivity contribution in [1.82, 2.24) is 4.90 Å². The van der Waals surface area contributed by atoms with Crippen molar-refractivity contribution in [3.8, 4) is 5.75 Å². The number of hydrogen-bond acceptors (Lipinski definition) is 6. The first kappa shape index (κ1) is 34.7. The smallest absolute Gasteiger partial charge is 0.337 e. The van der Waals surface area contributed by atoms with Crippen molar-refractivity contribution >= 4 is 11.9 Å². The van der Waals surface area contributed by atoms with Crippen LogP contribution in [0.3, 0.4) is 0 Å². The average Bonchev–Trinajstić information content (AvgIpc) is 3.13. The van der Waals surface area contributed by atoms with Gasteiger partial charge in [-0.05, 0) is 123 Å². The molecule has 0 aromatic heterocycles. The maximum atomic E-state index is 12.2. The topological polar surface area (TPSA) is 65.1 Å². The minimum Gasteiger partial charge on any atom is -0.493 e. The average molecular weight is 640 g/mol. The molecule has 0 spiro atoms. The van der Waals surface area contributed by atoms with E-state index in [-0.39, 0.29) is 18.0 Å². The second-order valence-corrected chi connectivity index (χ2v) is 13.5. The van der Waals surface area contributed by atoms with Crippen LogP contribution in [-0.4, -0.2) is 50.8 Å². The number of carbonyl (C=O) groups excluding carboxylic acids is 2. The quantitative estimate of drug-likeness (QED) is 0.116. The third-order valence-electron chi connectivity index (χ3n) is 10.4. The van der Waals surface area contributed by atoms with Crippen molar-refractivity contribution in [2.75, 3.05) is 33.9 Å². The fourth-order valence-corrected chi connectivity index (χ4v) is 7.55. The summed E-state index contributed by atoms with van der Waals surface area (Å²) >= 11 is 0. The van der Waals surface area contributed by atoms with E-state index in [1.54, 1.807) is 0 Å². The van der Waals surface area contributed by atoms with Crippen molar-refractivity contribution in [2.24, 2.45) is 11.8 Å². The number of nitrogens with zero attached hydrogens (tertiary/aromatic N) is 1. The zero-order chi connectivity index (χ0) is 32.8. The Morgan fingerprint density at radius 2 is 1.55 bits per heavy atom. The molecule has 6 heteroatoms. The summed E-state index contributed by atoms with van der Waals surface area (Å²) in [5.74, 6) is 2.02. The highest BCUT2D eigenvalue weighted by Gasteiger charge is 2.27. The van der Waals surface area contributed by atoms with E-state index in [2.05, 4.69) is 65.6 Å². The number of esters is 2. The van der Waals surface area contributed by atoms with Gasteiger partial charge in [0.2, 0.25) is 0 Å². The molecule has 1 atom stereocenters. The Kier molecular flexibility index (Phi) is 13.3. The number of ether oxygens (including phenoxy) is 3. The van der Waals surface area contributed by atoms with E-state index in [4.69, 9.17) is 14.2 Å². The lowest BCUT2D eigenvalue weighted by molar-refractivity contribution is -0.140. The molecule has 2 aliphatic rings. The van der Waals surface area contributed by atoms with Gasteiger partial charge in [0.25, 0.3) is 0 Å². The third kappa shape index (κ3) is 10.2. The largest absolute Gasteiger partial charge is 0.493 e. The highest BCUT2D eigenvalue weighted by molar-refractivity contribution is 5.89. The minimum absolute atomic E-state index is 0.151. The molecule has 5 rings (SSSR count). The van der Waals surface area contributed by atoms with E-state index >= 15 is 0 Å². The number of para-hydroxylation sites is 1. The number of carbonyl (C=O) groups is 2. The lowest BCUT2D eigenvalue weighted by atomic mass is 9.80. The van der Waals surface area contributed by atoms with Gasteiger partial charge in [-0.25, -0.2) is 4.79 Å². The van der Waals surface area contributed by atoms with Crippen LogP contribution in [0.15, 0.2) is 72.8 Å². The summed E-state index contributed by atoms with van der Waals surface area (Å²) in [6, 6.07) is 25.7. The molecule has 47 heavy (non-hydrogen) atoms. The van der Waals surface area contributed by atoms with Crippen LogP contribution in [-0.2, 0) is 33.5 Å². The molecule has 3 aromatic rings. The van der Waals surface area contributed by atoms with Crippen LogP contribution in [0, 0.1) is 11.8 Å². The second kappa shape index (κ2) is 18.1. The predicted octanol–water partition coefficient (Wildman–Crippen LogP) is 8.56. The predicted molar refractivity (Wildman–Crippen MR) is 187 cm³/mol. The highest BCUT2D eigenvalue weighted by atomic mass is 16.5. The molecule has 252 valence electrons. The molecule has 1 unspecified atom stereocenters. The van der Waals surface area contributed by atoms with E-state index in [0.717, 1.165) is 69.9 Å². The van der Waals surface area contributed by atoms with Crippen LogP contribution in [0.1, 0.15) is 103 Å². The van der Waals surface area contributed by atoms with Crippen LogP contribution >= 0.6 is 0 Å². The van der Waals surface area contributed by atoms with Gasteiger partial charge in [-0.2, -0.15) is 0 Å². The molecule has 0 bridgehead atoms. The molecule has 0 radical (unpaired) electrons. The van der Waals surface area contributed by atoms with Crippen LogP contribution < -0.4 is 4.74 Å². The highest BCUT2D eigenvalue weighted by Crippen LogP contribution is 2.36. The minimum atomic E-state index is -0.290. The number of rotatable bonds is 16. The first-order valence-corrected chi connectivity index (χ1v) is 17.8. The Balaban J connectivity index is 1.18. The number of unbranched alkanes of at least 4 members (excludes halogenated alkanes) is 1. The number of hydrogen-bond donors (Lipinski definition) is 0. The fourth-order valence-electron chi connectivity index (χ4n) is 7.55. The van der Waals surface area contributed by atoms with Gasteiger partial charge in [0.05, 0.1) is 26.4 Å². The Morgan fingerprint density at radius 3 is 2.34 bits per heavy atom. The summed E-state index contributed by atoms with van der Waals surface area (Å²) in [6.45, 7) is 2.59. The van der Waals surface area contributed by atoms with Crippen molar-refractivity contribution < 1.29 is 23.8 Å². The van der Waals surface area contributed by atoms with Gasteiger partial charge in [-0.3, -0.25) is 9.69 Å².